The van der Waals surface area contributed by atoms with E-state index in [-0.39, 0.29) is 23.1 Å². The first-order valence-corrected chi connectivity index (χ1v) is 7.23. The molecular weight excluding hydrogens is 332 g/mol. The molecule has 0 unspecified atom stereocenters. The second kappa shape index (κ2) is 7.22. The number of halogens is 2. The lowest BCUT2D eigenvalue weighted by atomic mass is 9.89. The second-order valence-electron chi connectivity index (χ2n) is 5.17. The Kier molecular flexibility index (Phi) is 6.23. The summed E-state index contributed by atoms with van der Waals surface area (Å²) in [5.41, 5.74) is 0.247. The van der Waals surface area contributed by atoms with Gasteiger partial charge in [-0.3, -0.25) is 4.79 Å². The summed E-state index contributed by atoms with van der Waals surface area (Å²) in [7, 11) is 0. The number of nitrogens with one attached hydrogen (secondary N) is 1. The van der Waals surface area contributed by atoms with Gasteiger partial charge in [-0.1, -0.05) is 25.4 Å². The summed E-state index contributed by atoms with van der Waals surface area (Å²) >= 11 is 9.13. The Hall–Kier alpha value is -0.650. The number of hydrogen-bond donors (Lipinski definition) is 2. The van der Waals surface area contributed by atoms with E-state index >= 15 is 0 Å². The molecule has 4 nitrogen and oxygen atoms in total. The fourth-order valence-electron chi connectivity index (χ4n) is 1.52. The molecular formula is C13H18BrClN2O2. The van der Waals surface area contributed by atoms with Gasteiger partial charge in [-0.15, -0.1) is 0 Å². The quantitative estimate of drug-likeness (QED) is 0.613. The summed E-state index contributed by atoms with van der Waals surface area (Å²) in [6.07, 6.45) is 3.19. The van der Waals surface area contributed by atoms with E-state index in [9.17, 15) is 4.79 Å². The monoisotopic (exact) mass is 348 g/mol. The van der Waals surface area contributed by atoms with Crippen LogP contribution in [0.15, 0.2) is 16.7 Å². The number of nitrogens with zero attached hydrogens (tertiary/aromatic N) is 1. The molecule has 0 aliphatic carbocycles. The summed E-state index contributed by atoms with van der Waals surface area (Å²) in [5, 5.41) is 12.1. The molecule has 0 aliphatic heterocycles. The minimum absolute atomic E-state index is 0.111. The SMILES string of the molecule is CC(C)(CO)CCCNC(=O)c1cc(Br)cnc1Cl. The van der Waals surface area contributed by atoms with Gasteiger partial charge in [-0.05, 0) is 40.3 Å². The van der Waals surface area contributed by atoms with Gasteiger partial charge >= 0.3 is 0 Å². The van der Waals surface area contributed by atoms with Gasteiger partial charge in [0.1, 0.15) is 5.15 Å². The van der Waals surface area contributed by atoms with E-state index in [1.165, 1.54) is 0 Å². The van der Waals surface area contributed by atoms with Crippen molar-refractivity contribution in [3.05, 3.63) is 27.5 Å². The summed E-state index contributed by atoms with van der Waals surface area (Å²) in [6, 6.07) is 1.64. The van der Waals surface area contributed by atoms with Crippen LogP contribution in [0.5, 0.6) is 0 Å². The third-order valence-corrected chi connectivity index (χ3v) is 3.53. The topological polar surface area (TPSA) is 62.2 Å². The number of aliphatic hydroxyl groups is 1. The van der Waals surface area contributed by atoms with E-state index in [1.807, 2.05) is 13.8 Å². The lowest BCUT2D eigenvalue weighted by molar-refractivity contribution is 0.0948. The van der Waals surface area contributed by atoms with Crippen molar-refractivity contribution >= 4 is 33.4 Å². The fraction of sp³-hybridized carbons (Fsp3) is 0.538. The van der Waals surface area contributed by atoms with Crippen molar-refractivity contribution in [1.29, 1.82) is 0 Å². The largest absolute Gasteiger partial charge is 0.396 e. The molecule has 1 heterocycles. The number of rotatable bonds is 6. The Morgan fingerprint density at radius 1 is 1.58 bits per heavy atom. The van der Waals surface area contributed by atoms with Crippen molar-refractivity contribution in [3.8, 4) is 0 Å². The number of carbonyl (C=O) groups is 1. The van der Waals surface area contributed by atoms with E-state index in [4.69, 9.17) is 16.7 Å². The van der Waals surface area contributed by atoms with Gasteiger partial charge in [-0.2, -0.15) is 0 Å². The van der Waals surface area contributed by atoms with Crippen LogP contribution in [-0.4, -0.2) is 29.1 Å². The van der Waals surface area contributed by atoms with Gasteiger partial charge < -0.3 is 10.4 Å². The highest BCUT2D eigenvalue weighted by Crippen LogP contribution is 2.21. The third-order valence-electron chi connectivity index (χ3n) is 2.79. The lowest BCUT2D eigenvalue weighted by Gasteiger charge is -2.21. The molecule has 19 heavy (non-hydrogen) atoms. The van der Waals surface area contributed by atoms with Gasteiger partial charge in [0, 0.05) is 23.8 Å². The predicted octanol–water partition coefficient (Wildman–Crippen LogP) is 3.03. The number of pyridine rings is 1. The summed E-state index contributed by atoms with van der Waals surface area (Å²) in [6.45, 7) is 4.67. The van der Waals surface area contributed by atoms with Crippen molar-refractivity contribution in [1.82, 2.24) is 10.3 Å². The normalized spacial score (nSPS) is 11.4. The molecule has 106 valence electrons. The molecule has 2 N–H and O–H groups in total. The molecule has 1 aromatic rings. The Balaban J connectivity index is 2.46. The minimum Gasteiger partial charge on any atom is -0.396 e. The highest BCUT2D eigenvalue weighted by atomic mass is 79.9. The number of aliphatic hydroxyl groups excluding tert-OH is 1. The number of hydrogen-bond acceptors (Lipinski definition) is 3. The zero-order valence-corrected chi connectivity index (χ0v) is 13.4. The average Bonchev–Trinajstić information content (AvgIpc) is 2.37. The van der Waals surface area contributed by atoms with Gasteiger partial charge in [-0.25, -0.2) is 4.98 Å². The van der Waals surface area contributed by atoms with E-state index in [2.05, 4.69) is 26.2 Å². The van der Waals surface area contributed by atoms with Crippen molar-refractivity contribution < 1.29 is 9.90 Å². The van der Waals surface area contributed by atoms with Gasteiger partial charge in [0.2, 0.25) is 0 Å². The van der Waals surface area contributed by atoms with Gasteiger partial charge in [0.15, 0.2) is 0 Å². The maximum atomic E-state index is 11.9. The first-order chi connectivity index (χ1) is 8.85. The van der Waals surface area contributed by atoms with E-state index in [0.717, 1.165) is 12.8 Å². The first-order valence-electron chi connectivity index (χ1n) is 6.06. The van der Waals surface area contributed by atoms with Crippen LogP contribution >= 0.6 is 27.5 Å². The summed E-state index contributed by atoms with van der Waals surface area (Å²) < 4.78 is 0.712. The molecule has 6 heteroatoms. The van der Waals surface area contributed by atoms with Gasteiger partial charge in [0.25, 0.3) is 5.91 Å². The molecule has 0 spiro atoms. The van der Waals surface area contributed by atoms with Crippen LogP contribution in [0.4, 0.5) is 0 Å². The number of aromatic nitrogens is 1. The summed E-state index contributed by atoms with van der Waals surface area (Å²) in [5.74, 6) is -0.236. The van der Waals surface area contributed by atoms with Crippen molar-refractivity contribution in [2.24, 2.45) is 5.41 Å². The highest BCUT2D eigenvalue weighted by molar-refractivity contribution is 9.10. The summed E-state index contributed by atoms with van der Waals surface area (Å²) in [4.78, 5) is 15.8. The smallest absolute Gasteiger partial charge is 0.254 e. The molecule has 1 rings (SSSR count). The number of carbonyl (C=O) groups excluding carboxylic acids is 1. The zero-order chi connectivity index (χ0) is 14.5. The molecule has 0 saturated heterocycles. The minimum atomic E-state index is -0.236. The molecule has 0 aromatic carbocycles. The van der Waals surface area contributed by atoms with Crippen LogP contribution in [0.25, 0.3) is 0 Å². The van der Waals surface area contributed by atoms with Gasteiger partial charge in [0.05, 0.1) is 5.56 Å². The maximum absolute atomic E-state index is 11.9. The van der Waals surface area contributed by atoms with E-state index < -0.39 is 0 Å². The van der Waals surface area contributed by atoms with Crippen LogP contribution in [0.2, 0.25) is 5.15 Å². The van der Waals surface area contributed by atoms with Crippen molar-refractivity contribution in [2.75, 3.05) is 13.2 Å². The molecule has 0 bridgehead atoms. The number of amides is 1. The van der Waals surface area contributed by atoms with E-state index in [1.54, 1.807) is 12.3 Å². The first kappa shape index (κ1) is 16.4. The fourth-order valence-corrected chi connectivity index (χ4v) is 2.05. The molecule has 0 saturated carbocycles. The van der Waals surface area contributed by atoms with E-state index in [0.29, 0.717) is 16.6 Å². The second-order valence-corrected chi connectivity index (χ2v) is 6.45. The Morgan fingerprint density at radius 2 is 2.26 bits per heavy atom. The predicted molar refractivity (Wildman–Crippen MR) is 79.4 cm³/mol. The van der Waals surface area contributed by atoms with Crippen LogP contribution in [-0.2, 0) is 0 Å². The molecule has 0 atom stereocenters. The van der Waals surface area contributed by atoms with Crippen LogP contribution in [0, 0.1) is 5.41 Å². The van der Waals surface area contributed by atoms with Crippen molar-refractivity contribution in [3.63, 3.8) is 0 Å². The zero-order valence-electron chi connectivity index (χ0n) is 11.0. The van der Waals surface area contributed by atoms with Crippen LogP contribution < -0.4 is 5.32 Å². The highest BCUT2D eigenvalue weighted by Gasteiger charge is 2.16. The molecule has 0 aliphatic rings. The molecule has 0 radical (unpaired) electrons. The van der Waals surface area contributed by atoms with Crippen molar-refractivity contribution in [2.45, 2.75) is 26.7 Å². The molecule has 1 aromatic heterocycles. The maximum Gasteiger partial charge on any atom is 0.254 e. The van der Waals surface area contributed by atoms with Crippen LogP contribution in [0.1, 0.15) is 37.0 Å². The molecule has 1 amide bonds. The average molecular weight is 350 g/mol. The molecule has 0 fully saturated rings. The standard InChI is InChI=1S/C13H18BrClN2O2/c1-13(2,8-18)4-3-5-16-12(19)10-6-9(14)7-17-11(10)15/h6-7,18H,3-5,8H2,1-2H3,(H,16,19). The Morgan fingerprint density at radius 3 is 2.89 bits per heavy atom. The third kappa shape index (κ3) is 5.47. The Labute approximate surface area is 126 Å². The lowest BCUT2D eigenvalue weighted by Crippen LogP contribution is -2.26. The Bertz CT molecular complexity index is 452. The van der Waals surface area contributed by atoms with Crippen LogP contribution in [0.3, 0.4) is 0 Å².